The number of phenols is 1. The Morgan fingerprint density at radius 1 is 1.45 bits per heavy atom. The number of hydrogen-bond donors (Lipinski definition) is 2. The Labute approximate surface area is 74.2 Å². The van der Waals surface area contributed by atoms with Crippen LogP contribution in [0.1, 0.15) is 5.56 Å². The van der Waals surface area contributed by atoms with E-state index >= 15 is 0 Å². The molecule has 0 aliphatic rings. The molecule has 0 radical (unpaired) electrons. The van der Waals surface area contributed by atoms with Crippen molar-refractivity contribution in [3.63, 3.8) is 0 Å². The summed E-state index contributed by atoms with van der Waals surface area (Å²) in [6, 6.07) is 5.51. The van der Waals surface area contributed by atoms with Gasteiger partial charge in [-0.2, -0.15) is 0 Å². The van der Waals surface area contributed by atoms with E-state index in [1.54, 1.807) is 6.07 Å². The lowest BCUT2D eigenvalue weighted by atomic mass is 10.1. The molecule has 3 heteroatoms. The van der Waals surface area contributed by atoms with E-state index in [1.807, 2.05) is 12.1 Å². The summed E-state index contributed by atoms with van der Waals surface area (Å²) in [5.41, 5.74) is 4.95. The summed E-state index contributed by atoms with van der Waals surface area (Å²) in [5.74, 6) is 0.290. The van der Waals surface area contributed by atoms with Crippen molar-refractivity contribution in [2.45, 2.75) is 6.42 Å². The van der Waals surface area contributed by atoms with Crippen LogP contribution in [0.4, 0.5) is 0 Å². The maximum atomic E-state index is 9.15. The highest BCUT2D eigenvalue weighted by Gasteiger charge is 1.98. The second-order valence-electron chi connectivity index (χ2n) is 2.39. The predicted molar refractivity (Wildman–Crippen MR) is 47.3 cm³/mol. The van der Waals surface area contributed by atoms with Crippen LogP contribution in [0, 0.1) is 0 Å². The van der Waals surface area contributed by atoms with Gasteiger partial charge < -0.3 is 10.8 Å². The molecule has 1 rings (SSSR count). The van der Waals surface area contributed by atoms with Gasteiger partial charge in [-0.25, -0.2) is 0 Å². The van der Waals surface area contributed by atoms with Gasteiger partial charge in [-0.1, -0.05) is 6.07 Å². The molecule has 0 fully saturated rings. The highest BCUT2D eigenvalue weighted by atomic mass is 79.9. The Balaban J connectivity index is 2.86. The summed E-state index contributed by atoms with van der Waals surface area (Å²) in [6.45, 7) is 0.886. The molecule has 0 amide bonds. The lowest BCUT2D eigenvalue weighted by molar-refractivity contribution is -0.366. The van der Waals surface area contributed by atoms with Gasteiger partial charge in [0.15, 0.2) is 0 Å². The van der Waals surface area contributed by atoms with Crippen LogP contribution in [-0.2, 0) is 6.42 Å². The molecule has 11 heavy (non-hydrogen) atoms. The van der Waals surface area contributed by atoms with Gasteiger partial charge in [0.25, 0.3) is 0 Å². The van der Waals surface area contributed by atoms with Crippen molar-refractivity contribution in [3.8, 4) is 5.75 Å². The third kappa shape index (κ3) is 2.20. The zero-order chi connectivity index (χ0) is 8.27. The lowest BCUT2D eigenvalue weighted by Gasteiger charge is -1.99. The molecule has 1 aromatic rings. The number of phenolic OH excluding ortho intramolecular Hbond substituents is 1. The maximum absolute atomic E-state index is 9.15. The summed E-state index contributed by atoms with van der Waals surface area (Å²) < 4.78 is 0.753. The number of halogens is 1. The van der Waals surface area contributed by atoms with Gasteiger partial charge in [-0.3, -0.25) is 0 Å². The summed E-state index contributed by atoms with van der Waals surface area (Å²) in [7, 11) is 0. The van der Waals surface area contributed by atoms with E-state index in [-0.39, 0.29) is 5.75 Å². The second-order valence-corrected chi connectivity index (χ2v) is 3.24. The average Bonchev–Trinajstić information content (AvgIpc) is 1.98. The zero-order valence-electron chi connectivity index (χ0n) is 6.18. The van der Waals surface area contributed by atoms with Gasteiger partial charge >= 0.3 is 0 Å². The first kappa shape index (κ1) is 8.56. The normalized spacial score (nSPS) is 10.0. The fourth-order valence-electron chi connectivity index (χ4n) is 0.910. The number of benzene rings is 1. The van der Waals surface area contributed by atoms with E-state index in [9.17, 15) is 0 Å². The predicted octanol–water partition coefficient (Wildman–Crippen LogP) is 0.939. The molecule has 60 valence electrons. The third-order valence-corrected chi connectivity index (χ3v) is 2.11. The molecular weight excluding hydrogens is 206 g/mol. The SMILES string of the molecule is [NH3+]CCc1ccc(O)c(Br)c1. The smallest absolute Gasteiger partial charge is 0.129 e. The molecule has 2 nitrogen and oxygen atoms in total. The fourth-order valence-corrected chi connectivity index (χ4v) is 1.34. The second kappa shape index (κ2) is 3.74. The summed E-state index contributed by atoms with van der Waals surface area (Å²) in [5, 5.41) is 9.15. The van der Waals surface area contributed by atoms with Gasteiger partial charge in [-0.15, -0.1) is 0 Å². The Morgan fingerprint density at radius 3 is 2.73 bits per heavy atom. The van der Waals surface area contributed by atoms with E-state index in [4.69, 9.17) is 5.11 Å². The largest absolute Gasteiger partial charge is 0.507 e. The molecule has 0 spiro atoms. The number of rotatable bonds is 2. The van der Waals surface area contributed by atoms with E-state index in [2.05, 4.69) is 21.7 Å². The molecule has 4 N–H and O–H groups in total. The zero-order valence-corrected chi connectivity index (χ0v) is 7.76. The molecular formula is C8H11BrNO+. The number of quaternary nitrogens is 1. The lowest BCUT2D eigenvalue weighted by Crippen LogP contribution is -2.51. The first-order valence-corrected chi connectivity index (χ1v) is 4.30. The molecule has 0 aliphatic carbocycles. The van der Waals surface area contributed by atoms with Crippen LogP contribution in [0.15, 0.2) is 22.7 Å². The first-order chi connectivity index (χ1) is 5.24. The number of aromatic hydroxyl groups is 1. The van der Waals surface area contributed by atoms with Crippen molar-refractivity contribution in [3.05, 3.63) is 28.2 Å². The van der Waals surface area contributed by atoms with Crippen LogP contribution in [0.2, 0.25) is 0 Å². The van der Waals surface area contributed by atoms with Gasteiger partial charge in [-0.05, 0) is 33.6 Å². The first-order valence-electron chi connectivity index (χ1n) is 3.50. The minimum absolute atomic E-state index is 0.290. The van der Waals surface area contributed by atoms with Crippen LogP contribution in [0.3, 0.4) is 0 Å². The van der Waals surface area contributed by atoms with E-state index < -0.39 is 0 Å². The topological polar surface area (TPSA) is 47.9 Å². The Kier molecular flexibility index (Phi) is 2.91. The summed E-state index contributed by atoms with van der Waals surface area (Å²) in [6.07, 6.45) is 0.957. The van der Waals surface area contributed by atoms with Crippen molar-refractivity contribution in [1.82, 2.24) is 0 Å². The Bertz CT molecular complexity index is 250. The van der Waals surface area contributed by atoms with E-state index in [0.29, 0.717) is 0 Å². The number of hydrogen-bond acceptors (Lipinski definition) is 1. The minimum Gasteiger partial charge on any atom is -0.507 e. The van der Waals surface area contributed by atoms with Gasteiger partial charge in [0, 0.05) is 6.42 Å². The summed E-state index contributed by atoms with van der Waals surface area (Å²) >= 11 is 3.25. The van der Waals surface area contributed by atoms with Gasteiger partial charge in [0.1, 0.15) is 5.75 Å². The van der Waals surface area contributed by atoms with Crippen molar-refractivity contribution in [1.29, 1.82) is 0 Å². The molecule has 1 aromatic carbocycles. The quantitative estimate of drug-likeness (QED) is 0.760. The van der Waals surface area contributed by atoms with E-state index in [1.165, 1.54) is 5.56 Å². The van der Waals surface area contributed by atoms with Crippen molar-refractivity contribution in [2.75, 3.05) is 6.54 Å². The van der Waals surface area contributed by atoms with Crippen molar-refractivity contribution < 1.29 is 10.8 Å². The summed E-state index contributed by atoms with van der Waals surface area (Å²) in [4.78, 5) is 0. The monoisotopic (exact) mass is 216 g/mol. The molecule has 0 saturated heterocycles. The molecule has 0 aromatic heterocycles. The van der Waals surface area contributed by atoms with E-state index in [0.717, 1.165) is 17.4 Å². The highest BCUT2D eigenvalue weighted by molar-refractivity contribution is 9.10. The van der Waals surface area contributed by atoms with Gasteiger partial charge in [0.05, 0.1) is 11.0 Å². The van der Waals surface area contributed by atoms with Crippen LogP contribution in [0.5, 0.6) is 5.75 Å². The Hall–Kier alpha value is -0.540. The van der Waals surface area contributed by atoms with Gasteiger partial charge in [0.2, 0.25) is 0 Å². The fraction of sp³-hybridized carbons (Fsp3) is 0.250. The standard InChI is InChI=1S/C8H10BrNO/c9-7-5-6(3-4-10)1-2-8(7)11/h1-2,5,11H,3-4,10H2/p+1. The third-order valence-electron chi connectivity index (χ3n) is 1.48. The van der Waals surface area contributed by atoms with Crippen LogP contribution < -0.4 is 5.73 Å². The highest BCUT2D eigenvalue weighted by Crippen LogP contribution is 2.24. The molecule has 0 aliphatic heterocycles. The van der Waals surface area contributed by atoms with Crippen LogP contribution in [0.25, 0.3) is 0 Å². The molecule has 0 atom stereocenters. The minimum atomic E-state index is 0.290. The van der Waals surface area contributed by atoms with Crippen LogP contribution in [-0.4, -0.2) is 11.7 Å². The molecule has 0 heterocycles. The average molecular weight is 217 g/mol. The van der Waals surface area contributed by atoms with Crippen LogP contribution >= 0.6 is 15.9 Å². The van der Waals surface area contributed by atoms with Crippen molar-refractivity contribution >= 4 is 15.9 Å². The maximum Gasteiger partial charge on any atom is 0.129 e. The van der Waals surface area contributed by atoms with Crippen molar-refractivity contribution in [2.24, 2.45) is 0 Å². The Morgan fingerprint density at radius 2 is 2.18 bits per heavy atom. The molecule has 0 unspecified atom stereocenters. The molecule has 0 saturated carbocycles. The molecule has 0 bridgehead atoms.